The number of carbonyl (C=O) groups excluding carboxylic acids is 2. The van der Waals surface area contributed by atoms with Gasteiger partial charge in [-0.3, -0.25) is 9.59 Å². The SMILES string of the molecule is C/C(CC(=O)N(C(C)C)C(C)C)=N/NC(=O)c1ccc(C)cc1. The second kappa shape index (κ2) is 8.46. The minimum atomic E-state index is -0.277. The van der Waals surface area contributed by atoms with Crippen molar-refractivity contribution in [3.05, 3.63) is 35.4 Å². The maximum Gasteiger partial charge on any atom is 0.271 e. The highest BCUT2D eigenvalue weighted by atomic mass is 16.2. The third-order valence-electron chi connectivity index (χ3n) is 3.47. The summed E-state index contributed by atoms with van der Waals surface area (Å²) in [5.74, 6) is -0.262. The van der Waals surface area contributed by atoms with Gasteiger partial charge in [-0.1, -0.05) is 17.7 Å². The van der Waals surface area contributed by atoms with Crippen LogP contribution in [-0.4, -0.2) is 34.5 Å². The molecular formula is C18H27N3O2. The molecule has 5 nitrogen and oxygen atoms in total. The lowest BCUT2D eigenvalue weighted by atomic mass is 10.1. The number of nitrogens with zero attached hydrogens (tertiary/aromatic N) is 2. The van der Waals surface area contributed by atoms with E-state index < -0.39 is 0 Å². The molecule has 1 aromatic carbocycles. The number of carbonyl (C=O) groups is 2. The van der Waals surface area contributed by atoms with E-state index in [1.807, 2.05) is 51.7 Å². The van der Waals surface area contributed by atoms with Crippen molar-refractivity contribution in [2.75, 3.05) is 0 Å². The number of aryl methyl sites for hydroxylation is 1. The van der Waals surface area contributed by atoms with Gasteiger partial charge in [-0.05, 0) is 53.7 Å². The van der Waals surface area contributed by atoms with Gasteiger partial charge in [0.1, 0.15) is 0 Å². The van der Waals surface area contributed by atoms with Gasteiger partial charge in [0.25, 0.3) is 5.91 Å². The summed E-state index contributed by atoms with van der Waals surface area (Å²) in [5, 5.41) is 4.03. The van der Waals surface area contributed by atoms with Crippen LogP contribution in [-0.2, 0) is 4.79 Å². The molecule has 23 heavy (non-hydrogen) atoms. The Morgan fingerprint density at radius 3 is 2.09 bits per heavy atom. The molecule has 0 aliphatic carbocycles. The first kappa shape index (κ1) is 18.9. The van der Waals surface area contributed by atoms with Crippen LogP contribution in [0.4, 0.5) is 0 Å². The quantitative estimate of drug-likeness (QED) is 0.647. The lowest BCUT2D eigenvalue weighted by Crippen LogP contribution is -2.42. The summed E-state index contributed by atoms with van der Waals surface area (Å²) in [6.45, 7) is 11.7. The van der Waals surface area contributed by atoms with Gasteiger partial charge >= 0.3 is 0 Å². The fourth-order valence-corrected chi connectivity index (χ4v) is 2.44. The van der Waals surface area contributed by atoms with Gasteiger partial charge in [0.05, 0.1) is 6.42 Å². The van der Waals surface area contributed by atoms with E-state index in [4.69, 9.17) is 0 Å². The molecule has 0 saturated heterocycles. The Morgan fingerprint density at radius 2 is 1.61 bits per heavy atom. The highest BCUT2D eigenvalue weighted by Crippen LogP contribution is 2.08. The molecule has 0 aromatic heterocycles. The molecule has 0 heterocycles. The number of nitrogens with one attached hydrogen (secondary N) is 1. The monoisotopic (exact) mass is 317 g/mol. The van der Waals surface area contributed by atoms with E-state index in [-0.39, 0.29) is 30.3 Å². The molecule has 0 aliphatic heterocycles. The number of benzene rings is 1. The minimum absolute atomic E-state index is 0.0147. The lowest BCUT2D eigenvalue weighted by molar-refractivity contribution is -0.133. The first-order chi connectivity index (χ1) is 10.7. The number of hydrogen-bond donors (Lipinski definition) is 1. The fourth-order valence-electron chi connectivity index (χ4n) is 2.44. The van der Waals surface area contributed by atoms with Crippen molar-refractivity contribution in [2.45, 2.75) is 60.0 Å². The Kier molecular flexibility index (Phi) is 6.94. The maximum absolute atomic E-state index is 12.3. The third-order valence-corrected chi connectivity index (χ3v) is 3.47. The van der Waals surface area contributed by atoms with Gasteiger partial charge in [-0.2, -0.15) is 5.10 Å². The van der Waals surface area contributed by atoms with E-state index in [1.165, 1.54) is 0 Å². The Labute approximate surface area is 138 Å². The second-order valence-electron chi connectivity index (χ2n) is 6.32. The summed E-state index contributed by atoms with van der Waals surface area (Å²) in [6.07, 6.45) is 0.199. The van der Waals surface area contributed by atoms with Gasteiger partial charge < -0.3 is 4.90 Å². The molecule has 0 aliphatic rings. The average molecular weight is 317 g/mol. The van der Waals surface area contributed by atoms with Crippen LogP contribution < -0.4 is 5.43 Å². The fraction of sp³-hybridized carbons (Fsp3) is 0.500. The highest BCUT2D eigenvalue weighted by molar-refractivity contribution is 6.01. The van der Waals surface area contributed by atoms with Gasteiger partial charge in [-0.15, -0.1) is 0 Å². The van der Waals surface area contributed by atoms with Crippen LogP contribution in [0, 0.1) is 6.92 Å². The first-order valence-corrected chi connectivity index (χ1v) is 7.93. The molecular weight excluding hydrogens is 290 g/mol. The Balaban J connectivity index is 2.65. The van der Waals surface area contributed by atoms with Gasteiger partial charge in [0, 0.05) is 23.4 Å². The molecule has 0 bridgehead atoms. The largest absolute Gasteiger partial charge is 0.338 e. The molecule has 1 N–H and O–H groups in total. The predicted molar refractivity (Wildman–Crippen MR) is 93.5 cm³/mol. The second-order valence-corrected chi connectivity index (χ2v) is 6.32. The van der Waals surface area contributed by atoms with E-state index >= 15 is 0 Å². The molecule has 1 aromatic rings. The normalized spacial score (nSPS) is 11.7. The van der Waals surface area contributed by atoms with E-state index in [0.29, 0.717) is 11.3 Å². The standard InChI is InChI=1S/C18H27N3O2/c1-12(2)21(13(3)4)17(22)11-15(6)19-20-18(23)16-9-7-14(5)8-10-16/h7-10,12-13H,11H2,1-6H3,(H,20,23)/b19-15-. The Morgan fingerprint density at radius 1 is 1.09 bits per heavy atom. The lowest BCUT2D eigenvalue weighted by Gasteiger charge is -2.30. The van der Waals surface area contributed by atoms with Crippen molar-refractivity contribution in [1.29, 1.82) is 0 Å². The summed E-state index contributed by atoms with van der Waals surface area (Å²) < 4.78 is 0. The molecule has 0 unspecified atom stereocenters. The summed E-state index contributed by atoms with van der Waals surface area (Å²) in [4.78, 5) is 26.1. The van der Waals surface area contributed by atoms with Crippen molar-refractivity contribution >= 4 is 17.5 Å². The maximum atomic E-state index is 12.3. The van der Waals surface area contributed by atoms with Crippen LogP contribution in [0.15, 0.2) is 29.4 Å². The van der Waals surface area contributed by atoms with E-state index in [9.17, 15) is 9.59 Å². The molecule has 0 spiro atoms. The topological polar surface area (TPSA) is 61.8 Å². The smallest absolute Gasteiger partial charge is 0.271 e. The van der Waals surface area contributed by atoms with Crippen molar-refractivity contribution in [3.63, 3.8) is 0 Å². The predicted octanol–water partition coefficient (Wildman–Crippen LogP) is 3.14. The highest BCUT2D eigenvalue weighted by Gasteiger charge is 2.20. The van der Waals surface area contributed by atoms with E-state index in [2.05, 4.69) is 10.5 Å². The van der Waals surface area contributed by atoms with Crippen LogP contribution >= 0.6 is 0 Å². The molecule has 0 atom stereocenters. The van der Waals surface area contributed by atoms with Crippen LogP contribution in [0.25, 0.3) is 0 Å². The summed E-state index contributed by atoms with van der Waals surface area (Å²) in [6, 6.07) is 7.52. The Hall–Kier alpha value is -2.17. The molecule has 2 amide bonds. The molecule has 126 valence electrons. The van der Waals surface area contributed by atoms with E-state index in [1.54, 1.807) is 19.1 Å². The van der Waals surface area contributed by atoms with Crippen molar-refractivity contribution in [3.8, 4) is 0 Å². The minimum Gasteiger partial charge on any atom is -0.338 e. The zero-order valence-electron chi connectivity index (χ0n) is 14.9. The average Bonchev–Trinajstić information content (AvgIpc) is 2.44. The Bertz CT molecular complexity index is 566. The molecule has 5 heteroatoms. The molecule has 1 rings (SSSR count). The van der Waals surface area contributed by atoms with Gasteiger partial charge in [0.15, 0.2) is 0 Å². The van der Waals surface area contributed by atoms with E-state index in [0.717, 1.165) is 5.56 Å². The van der Waals surface area contributed by atoms with Crippen molar-refractivity contribution < 1.29 is 9.59 Å². The van der Waals surface area contributed by atoms with Gasteiger partial charge in [0.2, 0.25) is 5.91 Å². The summed E-state index contributed by atoms with van der Waals surface area (Å²) >= 11 is 0. The van der Waals surface area contributed by atoms with Crippen LogP contribution in [0.1, 0.15) is 57.0 Å². The number of hydrazone groups is 1. The number of rotatable bonds is 6. The zero-order valence-corrected chi connectivity index (χ0v) is 14.9. The molecule has 0 fully saturated rings. The van der Waals surface area contributed by atoms with Crippen LogP contribution in [0.2, 0.25) is 0 Å². The van der Waals surface area contributed by atoms with Crippen molar-refractivity contribution in [1.82, 2.24) is 10.3 Å². The zero-order chi connectivity index (χ0) is 17.6. The van der Waals surface area contributed by atoms with Crippen molar-refractivity contribution in [2.24, 2.45) is 5.10 Å². The van der Waals surface area contributed by atoms with Gasteiger partial charge in [-0.25, -0.2) is 5.43 Å². The molecule has 0 radical (unpaired) electrons. The summed E-state index contributed by atoms with van der Waals surface area (Å²) in [5.41, 5.74) is 4.72. The molecule has 0 saturated carbocycles. The van der Waals surface area contributed by atoms with Crippen LogP contribution in [0.3, 0.4) is 0 Å². The van der Waals surface area contributed by atoms with Crippen LogP contribution in [0.5, 0.6) is 0 Å². The number of amides is 2. The summed E-state index contributed by atoms with van der Waals surface area (Å²) in [7, 11) is 0. The third kappa shape index (κ3) is 5.85. The first-order valence-electron chi connectivity index (χ1n) is 7.93. The number of hydrogen-bond acceptors (Lipinski definition) is 3.